The van der Waals surface area contributed by atoms with Gasteiger partial charge in [-0.25, -0.2) is 0 Å². The summed E-state index contributed by atoms with van der Waals surface area (Å²) in [5, 5.41) is 21.7. The van der Waals surface area contributed by atoms with Gasteiger partial charge in [0.05, 0.1) is 15.6 Å². The molecule has 0 bridgehead atoms. The number of fused-ring (bicyclic) bond motifs is 1. The number of aliphatic imine (C=N–C) groups is 1. The first-order valence-electron chi connectivity index (χ1n) is 7.50. The topological polar surface area (TPSA) is 94.2 Å². The summed E-state index contributed by atoms with van der Waals surface area (Å²) in [5.41, 5.74) is 1.08. The van der Waals surface area contributed by atoms with Crippen molar-refractivity contribution in [2.45, 2.75) is 13.8 Å². The Morgan fingerprint density at radius 3 is 2.60 bits per heavy atom. The minimum atomic E-state index is -0.655. The molecule has 3 rings (SSSR count). The van der Waals surface area contributed by atoms with Crippen molar-refractivity contribution < 1.29 is 19.5 Å². The lowest BCUT2D eigenvalue weighted by Crippen LogP contribution is -2.14. The highest BCUT2D eigenvalue weighted by molar-refractivity contribution is 6.33. The number of nitrogens with zero attached hydrogens (tertiary/aromatic N) is 2. The van der Waals surface area contributed by atoms with Crippen LogP contribution in [0.25, 0.3) is 0 Å². The summed E-state index contributed by atoms with van der Waals surface area (Å²) >= 11 is 6.17. The van der Waals surface area contributed by atoms with Crippen LogP contribution in [0.4, 0.5) is 11.4 Å². The van der Waals surface area contributed by atoms with Gasteiger partial charge in [-0.1, -0.05) is 11.6 Å². The van der Waals surface area contributed by atoms with Crippen molar-refractivity contribution in [2.75, 3.05) is 13.2 Å². The number of aromatic hydroxyl groups is 1. The number of benzene rings is 2. The third-order valence-corrected chi connectivity index (χ3v) is 4.52. The van der Waals surface area contributed by atoms with E-state index in [-0.39, 0.29) is 16.1 Å². The van der Waals surface area contributed by atoms with Crippen molar-refractivity contribution in [3.63, 3.8) is 0 Å². The molecule has 0 atom stereocenters. The summed E-state index contributed by atoms with van der Waals surface area (Å²) in [6.45, 7) is 4.12. The average Bonchev–Trinajstić information content (AvgIpc) is 2.59. The molecule has 25 heavy (non-hydrogen) atoms. The fraction of sp³-hybridized carbons (Fsp3) is 0.235. The Morgan fingerprint density at radius 1 is 1.24 bits per heavy atom. The Labute approximate surface area is 148 Å². The predicted octanol–water partition coefficient (Wildman–Crippen LogP) is 4.09. The molecule has 2 aromatic carbocycles. The van der Waals surface area contributed by atoms with Crippen LogP contribution in [0.15, 0.2) is 23.2 Å². The summed E-state index contributed by atoms with van der Waals surface area (Å²) in [5.74, 6) is 0.763. The second-order valence-corrected chi connectivity index (χ2v) is 5.90. The first kappa shape index (κ1) is 17.0. The van der Waals surface area contributed by atoms with Crippen molar-refractivity contribution in [1.29, 1.82) is 0 Å². The monoisotopic (exact) mass is 362 g/mol. The highest BCUT2D eigenvalue weighted by atomic mass is 35.5. The minimum Gasteiger partial charge on any atom is -0.502 e. The molecule has 0 saturated heterocycles. The van der Waals surface area contributed by atoms with Crippen molar-refractivity contribution in [3.8, 4) is 17.2 Å². The molecule has 0 spiro atoms. The quantitative estimate of drug-likeness (QED) is 0.504. The highest BCUT2D eigenvalue weighted by Crippen LogP contribution is 2.40. The third kappa shape index (κ3) is 3.10. The van der Waals surface area contributed by atoms with Crippen LogP contribution >= 0.6 is 11.6 Å². The van der Waals surface area contributed by atoms with Crippen LogP contribution in [0.1, 0.15) is 16.7 Å². The fourth-order valence-electron chi connectivity index (χ4n) is 2.62. The molecule has 0 amide bonds. The zero-order chi connectivity index (χ0) is 18.1. The van der Waals surface area contributed by atoms with Crippen LogP contribution in [0.3, 0.4) is 0 Å². The average molecular weight is 363 g/mol. The highest BCUT2D eigenvalue weighted by Gasteiger charge is 2.25. The SMILES string of the molecule is Cc1c(Cl)c(C)c([N+](=O)[O-])c(O)c1C=Nc1ccc2c(c1)OCCO2. The summed E-state index contributed by atoms with van der Waals surface area (Å²) in [6.07, 6.45) is 1.36. The zero-order valence-electron chi connectivity index (χ0n) is 13.6. The lowest BCUT2D eigenvalue weighted by atomic mass is 10.0. The minimum absolute atomic E-state index is 0.206. The predicted molar refractivity (Wildman–Crippen MR) is 93.9 cm³/mol. The van der Waals surface area contributed by atoms with Gasteiger partial charge in [-0.15, -0.1) is 0 Å². The standard InChI is InChI=1S/C17H15ClN2O5/c1-9-12(17(21)16(20(22)23)10(2)15(9)18)8-19-11-3-4-13-14(7-11)25-6-5-24-13/h3-4,7-8,21H,5-6H2,1-2H3. The lowest BCUT2D eigenvalue weighted by Gasteiger charge is -2.18. The molecule has 0 fully saturated rings. The van der Waals surface area contributed by atoms with E-state index < -0.39 is 16.4 Å². The number of nitro groups is 1. The molecule has 0 unspecified atom stereocenters. The Morgan fingerprint density at radius 2 is 1.92 bits per heavy atom. The van der Waals surface area contributed by atoms with Crippen LogP contribution in [-0.2, 0) is 0 Å². The normalized spacial score (nSPS) is 13.2. The van der Waals surface area contributed by atoms with Crippen LogP contribution in [-0.4, -0.2) is 29.5 Å². The maximum atomic E-state index is 11.2. The van der Waals surface area contributed by atoms with Gasteiger partial charge in [0, 0.05) is 23.4 Å². The Kier molecular flexibility index (Phi) is 4.50. The molecule has 130 valence electrons. The molecule has 0 aliphatic carbocycles. The number of hydrogen-bond donors (Lipinski definition) is 1. The molecule has 8 heteroatoms. The summed E-state index contributed by atoms with van der Waals surface area (Å²) in [7, 11) is 0. The van der Waals surface area contributed by atoms with Crippen LogP contribution in [0.2, 0.25) is 5.02 Å². The molecule has 0 saturated carbocycles. The van der Waals surface area contributed by atoms with Crippen molar-refractivity contribution in [1.82, 2.24) is 0 Å². The maximum Gasteiger partial charge on any atom is 0.315 e. The van der Waals surface area contributed by atoms with E-state index in [1.165, 1.54) is 13.1 Å². The van der Waals surface area contributed by atoms with Crippen LogP contribution in [0, 0.1) is 24.0 Å². The number of rotatable bonds is 3. The third-order valence-electron chi connectivity index (χ3n) is 3.95. The molecule has 7 nitrogen and oxygen atoms in total. The number of halogens is 1. The van der Waals surface area contributed by atoms with Crippen LogP contribution < -0.4 is 9.47 Å². The van der Waals surface area contributed by atoms with Gasteiger partial charge in [-0.05, 0) is 31.5 Å². The van der Waals surface area contributed by atoms with E-state index in [4.69, 9.17) is 21.1 Å². The number of phenols is 1. The molecule has 1 heterocycles. The van der Waals surface area contributed by atoms with Crippen molar-refractivity contribution in [2.24, 2.45) is 4.99 Å². The number of nitro benzene ring substituents is 1. The summed E-state index contributed by atoms with van der Waals surface area (Å²) in [6, 6.07) is 5.15. The van der Waals surface area contributed by atoms with Crippen molar-refractivity contribution in [3.05, 3.63) is 50.0 Å². The largest absolute Gasteiger partial charge is 0.502 e. The molecule has 0 aromatic heterocycles. The molecular formula is C17H15ClN2O5. The van der Waals surface area contributed by atoms with Gasteiger partial charge >= 0.3 is 5.69 Å². The van der Waals surface area contributed by atoms with Gasteiger partial charge in [0.2, 0.25) is 5.75 Å². The van der Waals surface area contributed by atoms with Gasteiger partial charge in [-0.3, -0.25) is 15.1 Å². The number of hydrogen-bond acceptors (Lipinski definition) is 6. The van der Waals surface area contributed by atoms with E-state index in [0.717, 1.165) is 0 Å². The number of ether oxygens (including phenoxy) is 2. The Balaban J connectivity index is 2.03. The second kappa shape index (κ2) is 6.60. The van der Waals surface area contributed by atoms with Gasteiger partial charge in [-0.2, -0.15) is 0 Å². The smallest absolute Gasteiger partial charge is 0.315 e. The van der Waals surface area contributed by atoms with E-state index in [0.29, 0.717) is 36.0 Å². The fourth-order valence-corrected chi connectivity index (χ4v) is 2.81. The van der Waals surface area contributed by atoms with Crippen LogP contribution in [0.5, 0.6) is 17.2 Å². The molecule has 1 aliphatic heterocycles. The van der Waals surface area contributed by atoms with E-state index in [9.17, 15) is 15.2 Å². The second-order valence-electron chi connectivity index (χ2n) is 5.52. The number of phenolic OH excluding ortho intramolecular Hbond substituents is 1. The molecular weight excluding hydrogens is 348 g/mol. The molecule has 1 aliphatic rings. The van der Waals surface area contributed by atoms with Gasteiger partial charge < -0.3 is 14.6 Å². The van der Waals surface area contributed by atoms with E-state index in [1.54, 1.807) is 25.1 Å². The molecule has 1 N–H and O–H groups in total. The zero-order valence-corrected chi connectivity index (χ0v) is 14.3. The lowest BCUT2D eigenvalue weighted by molar-refractivity contribution is -0.386. The van der Waals surface area contributed by atoms with Crippen molar-refractivity contribution >= 4 is 29.2 Å². The molecule has 2 aromatic rings. The summed E-state index contributed by atoms with van der Waals surface area (Å²) < 4.78 is 10.9. The van der Waals surface area contributed by atoms with E-state index >= 15 is 0 Å². The van der Waals surface area contributed by atoms with E-state index in [1.807, 2.05) is 0 Å². The first-order valence-corrected chi connectivity index (χ1v) is 7.87. The first-order chi connectivity index (χ1) is 11.9. The Hall–Kier alpha value is -2.80. The van der Waals surface area contributed by atoms with Gasteiger partial charge in [0.25, 0.3) is 0 Å². The summed E-state index contributed by atoms with van der Waals surface area (Å²) in [4.78, 5) is 14.8. The Bertz CT molecular complexity index is 895. The molecule has 0 radical (unpaired) electrons. The maximum absolute atomic E-state index is 11.2. The van der Waals surface area contributed by atoms with Gasteiger partial charge in [0.15, 0.2) is 11.5 Å². The van der Waals surface area contributed by atoms with E-state index in [2.05, 4.69) is 4.99 Å². The van der Waals surface area contributed by atoms with Gasteiger partial charge in [0.1, 0.15) is 13.2 Å².